The van der Waals surface area contributed by atoms with E-state index >= 15 is 0 Å². The molecule has 0 bridgehead atoms. The number of carbonyl (C=O) groups is 2. The maximum Gasteiger partial charge on any atom is 0.338 e. The van der Waals surface area contributed by atoms with E-state index < -0.39 is 18.0 Å². The van der Waals surface area contributed by atoms with Gasteiger partial charge in [0.2, 0.25) is 0 Å². The van der Waals surface area contributed by atoms with Gasteiger partial charge in [0.05, 0.1) is 11.1 Å². The number of hydrogen-bond donors (Lipinski definition) is 1. The third kappa shape index (κ3) is 3.82. The molecule has 0 radical (unpaired) electrons. The fraction of sp³-hybridized carbons (Fsp3) is 0.417. The highest BCUT2D eigenvalue weighted by atomic mass is 16.5. The highest BCUT2D eigenvalue weighted by Gasteiger charge is 2.37. The maximum atomic E-state index is 12.5. The lowest BCUT2D eigenvalue weighted by Crippen LogP contribution is -2.34. The van der Waals surface area contributed by atoms with Gasteiger partial charge in [-0.25, -0.2) is 9.59 Å². The predicted octanol–water partition coefficient (Wildman–Crippen LogP) is 5.65. The number of fused-ring (bicyclic) bond motifs is 1. The average Bonchev–Trinajstić information content (AvgIpc) is 2.65. The van der Waals surface area contributed by atoms with Crippen LogP contribution >= 0.6 is 0 Å². The maximum absolute atomic E-state index is 12.5. The Kier molecular flexibility index (Phi) is 5.09. The van der Waals surface area contributed by atoms with E-state index in [4.69, 9.17) is 9.84 Å². The van der Waals surface area contributed by atoms with Crippen LogP contribution in [0.15, 0.2) is 42.5 Å². The quantitative estimate of drug-likeness (QED) is 0.696. The summed E-state index contributed by atoms with van der Waals surface area (Å²) in [7, 11) is 0. The SMILES string of the molecule is C[C@H](OC(=O)c1ccc(C(=O)O)cc1)c1ccc2c(c1)C(C)(C)CCC2(C)C. The summed E-state index contributed by atoms with van der Waals surface area (Å²) >= 11 is 0. The molecular weight excluding hydrogens is 352 g/mol. The van der Waals surface area contributed by atoms with Crippen molar-refractivity contribution < 1.29 is 19.4 Å². The smallest absolute Gasteiger partial charge is 0.338 e. The summed E-state index contributed by atoms with van der Waals surface area (Å²) in [6.45, 7) is 11.0. The van der Waals surface area contributed by atoms with Crippen LogP contribution in [0.4, 0.5) is 0 Å². The van der Waals surface area contributed by atoms with Crippen molar-refractivity contribution in [3.05, 3.63) is 70.3 Å². The van der Waals surface area contributed by atoms with Crippen molar-refractivity contribution in [3.63, 3.8) is 0 Å². The Bertz CT molecular complexity index is 907. The second-order valence-corrected chi connectivity index (χ2v) is 9.00. The largest absolute Gasteiger partial charge is 0.478 e. The zero-order valence-corrected chi connectivity index (χ0v) is 17.2. The Hall–Kier alpha value is -2.62. The zero-order valence-electron chi connectivity index (χ0n) is 17.2. The van der Waals surface area contributed by atoms with Crippen molar-refractivity contribution in [1.29, 1.82) is 0 Å². The number of carbonyl (C=O) groups excluding carboxylic acids is 1. The lowest BCUT2D eigenvalue weighted by atomic mass is 9.63. The van der Waals surface area contributed by atoms with Crippen LogP contribution in [0.2, 0.25) is 0 Å². The number of aromatic carboxylic acids is 1. The van der Waals surface area contributed by atoms with Gasteiger partial charge in [-0.05, 0) is 71.6 Å². The van der Waals surface area contributed by atoms with E-state index in [1.165, 1.54) is 35.4 Å². The molecule has 0 saturated carbocycles. The third-order valence-electron chi connectivity index (χ3n) is 6.00. The summed E-state index contributed by atoms with van der Waals surface area (Å²) in [6, 6.07) is 12.2. The summed E-state index contributed by atoms with van der Waals surface area (Å²) in [5.41, 5.74) is 4.40. The van der Waals surface area contributed by atoms with E-state index in [0.29, 0.717) is 5.56 Å². The lowest BCUT2D eigenvalue weighted by molar-refractivity contribution is 0.0337. The van der Waals surface area contributed by atoms with Gasteiger partial charge in [0.15, 0.2) is 0 Å². The van der Waals surface area contributed by atoms with Gasteiger partial charge in [-0.3, -0.25) is 0 Å². The number of hydrogen-bond acceptors (Lipinski definition) is 3. The highest BCUT2D eigenvalue weighted by Crippen LogP contribution is 2.46. The van der Waals surface area contributed by atoms with Crippen LogP contribution in [0.25, 0.3) is 0 Å². The van der Waals surface area contributed by atoms with Gasteiger partial charge >= 0.3 is 11.9 Å². The summed E-state index contributed by atoms with van der Waals surface area (Å²) < 4.78 is 5.65. The molecule has 148 valence electrons. The van der Waals surface area contributed by atoms with Gasteiger partial charge in [0.25, 0.3) is 0 Å². The molecule has 2 aromatic rings. The molecule has 4 heteroatoms. The summed E-state index contributed by atoms with van der Waals surface area (Å²) in [5, 5.41) is 8.97. The van der Waals surface area contributed by atoms with Crippen molar-refractivity contribution in [1.82, 2.24) is 0 Å². The van der Waals surface area contributed by atoms with Gasteiger partial charge in [-0.1, -0.05) is 45.9 Å². The first-order valence-electron chi connectivity index (χ1n) is 9.70. The van der Waals surface area contributed by atoms with Crippen LogP contribution in [-0.2, 0) is 15.6 Å². The molecule has 4 nitrogen and oxygen atoms in total. The zero-order chi connectivity index (χ0) is 20.7. The van der Waals surface area contributed by atoms with E-state index in [-0.39, 0.29) is 16.4 Å². The minimum Gasteiger partial charge on any atom is -0.478 e. The molecule has 1 atom stereocenters. The van der Waals surface area contributed by atoms with Gasteiger partial charge < -0.3 is 9.84 Å². The lowest BCUT2D eigenvalue weighted by Gasteiger charge is -2.42. The summed E-state index contributed by atoms with van der Waals surface area (Å²) in [4.78, 5) is 23.4. The van der Waals surface area contributed by atoms with E-state index in [1.807, 2.05) is 13.0 Å². The Balaban J connectivity index is 1.82. The van der Waals surface area contributed by atoms with Crippen molar-refractivity contribution in [2.75, 3.05) is 0 Å². The molecule has 1 aliphatic rings. The first-order valence-corrected chi connectivity index (χ1v) is 9.70. The predicted molar refractivity (Wildman–Crippen MR) is 109 cm³/mol. The van der Waals surface area contributed by atoms with Crippen LogP contribution in [0.1, 0.15) is 91.0 Å². The van der Waals surface area contributed by atoms with Crippen molar-refractivity contribution in [2.45, 2.75) is 64.4 Å². The van der Waals surface area contributed by atoms with E-state index in [0.717, 1.165) is 18.4 Å². The molecule has 1 N–H and O–H groups in total. The molecular formula is C24H28O4. The number of esters is 1. The van der Waals surface area contributed by atoms with Crippen molar-refractivity contribution in [3.8, 4) is 0 Å². The number of carboxylic acid groups (broad SMARTS) is 1. The Morgan fingerprint density at radius 2 is 1.43 bits per heavy atom. The highest BCUT2D eigenvalue weighted by molar-refractivity contribution is 5.92. The monoisotopic (exact) mass is 380 g/mol. The molecule has 3 rings (SSSR count). The molecule has 28 heavy (non-hydrogen) atoms. The van der Waals surface area contributed by atoms with Gasteiger partial charge in [0.1, 0.15) is 6.10 Å². The van der Waals surface area contributed by atoms with Crippen LogP contribution < -0.4 is 0 Å². The van der Waals surface area contributed by atoms with Gasteiger partial charge in [0, 0.05) is 0 Å². The second-order valence-electron chi connectivity index (χ2n) is 9.00. The van der Waals surface area contributed by atoms with Gasteiger partial charge in [-0.2, -0.15) is 0 Å². The normalized spacial score (nSPS) is 18.0. The number of carboxylic acids is 1. The fourth-order valence-corrected chi connectivity index (χ4v) is 3.90. The van der Waals surface area contributed by atoms with E-state index in [1.54, 1.807) is 0 Å². The summed E-state index contributed by atoms with van der Waals surface area (Å²) in [5.74, 6) is -1.48. The molecule has 0 fully saturated rings. The number of benzene rings is 2. The van der Waals surface area contributed by atoms with Crippen LogP contribution in [0.5, 0.6) is 0 Å². The molecule has 0 amide bonds. The molecule has 0 heterocycles. The van der Waals surface area contributed by atoms with Crippen LogP contribution in [-0.4, -0.2) is 17.0 Å². The Morgan fingerprint density at radius 3 is 2.00 bits per heavy atom. The minimum atomic E-state index is -1.02. The topological polar surface area (TPSA) is 63.6 Å². The first kappa shape index (κ1) is 20.1. The first-order chi connectivity index (χ1) is 13.0. The average molecular weight is 380 g/mol. The Labute approximate surface area is 166 Å². The molecule has 0 spiro atoms. The van der Waals surface area contributed by atoms with Crippen molar-refractivity contribution >= 4 is 11.9 Å². The fourth-order valence-electron chi connectivity index (χ4n) is 3.90. The second kappa shape index (κ2) is 7.08. The van der Waals surface area contributed by atoms with E-state index in [2.05, 4.69) is 39.8 Å². The standard InChI is InChI=1S/C24H28O4/c1-15(28-22(27)17-8-6-16(7-9-17)21(25)26)18-10-11-19-20(14-18)24(4,5)13-12-23(19,2)3/h6-11,14-15H,12-13H2,1-5H3,(H,25,26)/t15-/m0/s1. The molecule has 1 aliphatic carbocycles. The number of rotatable bonds is 4. The molecule has 0 aliphatic heterocycles. The van der Waals surface area contributed by atoms with Gasteiger partial charge in [-0.15, -0.1) is 0 Å². The van der Waals surface area contributed by atoms with E-state index in [9.17, 15) is 9.59 Å². The number of ether oxygens (including phenoxy) is 1. The molecule has 0 saturated heterocycles. The molecule has 2 aromatic carbocycles. The Morgan fingerprint density at radius 1 is 0.893 bits per heavy atom. The third-order valence-corrected chi connectivity index (χ3v) is 6.00. The molecule has 0 unspecified atom stereocenters. The minimum absolute atomic E-state index is 0.0945. The van der Waals surface area contributed by atoms with Crippen molar-refractivity contribution in [2.24, 2.45) is 0 Å². The molecule has 0 aromatic heterocycles. The van der Waals surface area contributed by atoms with Crippen LogP contribution in [0.3, 0.4) is 0 Å². The summed E-state index contributed by atoms with van der Waals surface area (Å²) in [6.07, 6.45) is 1.89. The van der Waals surface area contributed by atoms with Crippen LogP contribution in [0, 0.1) is 0 Å².